The highest BCUT2D eigenvalue weighted by Crippen LogP contribution is 2.30. The number of fused-ring (bicyclic) bond motifs is 1. The first-order chi connectivity index (χ1) is 15.4. The Bertz CT molecular complexity index is 991. The number of anilines is 1. The van der Waals surface area contributed by atoms with E-state index in [4.69, 9.17) is 11.6 Å². The first-order valence-corrected chi connectivity index (χ1v) is 12.0. The van der Waals surface area contributed by atoms with Gasteiger partial charge >= 0.3 is 0 Å². The van der Waals surface area contributed by atoms with E-state index in [0.717, 1.165) is 58.2 Å². The summed E-state index contributed by atoms with van der Waals surface area (Å²) in [6, 6.07) is 8.06. The van der Waals surface area contributed by atoms with Crippen molar-refractivity contribution in [1.29, 1.82) is 0 Å². The zero-order chi connectivity index (χ0) is 23.1. The number of nitrogens with one attached hydrogen (secondary N) is 1. The van der Waals surface area contributed by atoms with Gasteiger partial charge in [0, 0.05) is 38.6 Å². The van der Waals surface area contributed by atoms with Crippen molar-refractivity contribution in [3.8, 4) is 0 Å². The second-order valence-electron chi connectivity index (χ2n) is 9.02. The highest BCUT2D eigenvalue weighted by Gasteiger charge is 2.19. The molecule has 1 aromatic carbocycles. The molecule has 0 atom stereocenters. The number of halogens is 1. The van der Waals surface area contributed by atoms with E-state index < -0.39 is 0 Å². The fourth-order valence-corrected chi connectivity index (χ4v) is 4.51. The van der Waals surface area contributed by atoms with Crippen molar-refractivity contribution in [1.82, 2.24) is 25.1 Å². The third-order valence-electron chi connectivity index (χ3n) is 6.35. The van der Waals surface area contributed by atoms with Gasteiger partial charge in [-0.1, -0.05) is 49.9 Å². The van der Waals surface area contributed by atoms with Crippen LogP contribution < -0.4 is 10.2 Å². The topological polar surface area (TPSA) is 58.9 Å². The van der Waals surface area contributed by atoms with Gasteiger partial charge in [-0.2, -0.15) is 5.10 Å². The molecule has 2 heterocycles. The van der Waals surface area contributed by atoms with Crippen LogP contribution in [-0.2, 0) is 13.6 Å². The molecule has 32 heavy (non-hydrogen) atoms. The first kappa shape index (κ1) is 24.5. The van der Waals surface area contributed by atoms with Crippen molar-refractivity contribution < 1.29 is 0 Å². The zero-order valence-corrected chi connectivity index (χ0v) is 20.9. The molecule has 174 valence electrons. The van der Waals surface area contributed by atoms with Crippen molar-refractivity contribution in [3.63, 3.8) is 0 Å². The minimum absolute atomic E-state index is 0.747. The summed E-state index contributed by atoms with van der Waals surface area (Å²) >= 11 is 6.13. The molecule has 1 fully saturated rings. The van der Waals surface area contributed by atoms with E-state index in [1.54, 1.807) is 4.68 Å². The van der Waals surface area contributed by atoms with Crippen molar-refractivity contribution in [2.45, 2.75) is 52.5 Å². The lowest BCUT2D eigenvalue weighted by Gasteiger charge is -2.27. The molecule has 3 aromatic rings. The highest BCUT2D eigenvalue weighted by molar-refractivity contribution is 6.30. The number of benzene rings is 1. The summed E-state index contributed by atoms with van der Waals surface area (Å²) in [6.07, 6.45) is 8.79. The predicted molar refractivity (Wildman–Crippen MR) is 134 cm³/mol. The van der Waals surface area contributed by atoms with Gasteiger partial charge in [0.05, 0.1) is 11.7 Å². The van der Waals surface area contributed by atoms with Gasteiger partial charge in [0.1, 0.15) is 16.8 Å². The van der Waals surface area contributed by atoms with Crippen molar-refractivity contribution in [2.75, 3.05) is 25.5 Å². The quantitative estimate of drug-likeness (QED) is 0.539. The molecule has 0 saturated heterocycles. The Morgan fingerprint density at radius 2 is 1.78 bits per heavy atom. The van der Waals surface area contributed by atoms with Crippen LogP contribution in [0.25, 0.3) is 10.9 Å². The molecule has 0 radical (unpaired) electrons. The molecular weight excluding hydrogens is 420 g/mol. The highest BCUT2D eigenvalue weighted by atomic mass is 35.5. The van der Waals surface area contributed by atoms with Gasteiger partial charge in [0.15, 0.2) is 0 Å². The van der Waals surface area contributed by atoms with Crippen LogP contribution in [0, 0.1) is 18.8 Å². The molecular formula is C25H37ClN6. The molecule has 0 amide bonds. The monoisotopic (exact) mass is 456 g/mol. The molecule has 0 bridgehead atoms. The summed E-state index contributed by atoms with van der Waals surface area (Å²) in [4.78, 5) is 10.8. The SMILES string of the molecule is CCC1CCC(CNCc2cnn(C)c2Cl)CC1.Cc1nc(N(C)C)c2ccccc2n1. The summed E-state index contributed by atoms with van der Waals surface area (Å²) < 4.78 is 1.71. The Hall–Kier alpha value is -2.18. The molecule has 1 aliphatic rings. The van der Waals surface area contributed by atoms with E-state index >= 15 is 0 Å². The van der Waals surface area contributed by atoms with Gasteiger partial charge in [-0.3, -0.25) is 4.68 Å². The maximum absolute atomic E-state index is 6.13. The Kier molecular flexibility index (Phi) is 8.88. The van der Waals surface area contributed by atoms with Gasteiger partial charge < -0.3 is 10.2 Å². The fourth-order valence-electron chi connectivity index (χ4n) is 4.36. The van der Waals surface area contributed by atoms with Crippen molar-refractivity contribution >= 4 is 28.3 Å². The number of aromatic nitrogens is 4. The first-order valence-electron chi connectivity index (χ1n) is 11.7. The van der Waals surface area contributed by atoms with Crippen LogP contribution in [0.1, 0.15) is 50.4 Å². The third kappa shape index (κ3) is 6.42. The van der Waals surface area contributed by atoms with Gasteiger partial charge in [0.2, 0.25) is 0 Å². The Morgan fingerprint density at radius 3 is 2.41 bits per heavy atom. The standard InChI is InChI=1S/C14H24ClN3.C11H13N3/c1-3-11-4-6-12(7-5-11)8-16-9-13-10-17-18(2)14(13)15;1-8-12-10-7-5-4-6-9(10)11(13-8)14(2)3/h10-12,16H,3-9H2,1-2H3;4-7H,1-3H3. The lowest BCUT2D eigenvalue weighted by atomic mass is 9.81. The summed E-state index contributed by atoms with van der Waals surface area (Å²) in [7, 11) is 5.86. The van der Waals surface area contributed by atoms with Crippen LogP contribution in [0.5, 0.6) is 0 Å². The zero-order valence-electron chi connectivity index (χ0n) is 20.1. The van der Waals surface area contributed by atoms with E-state index in [-0.39, 0.29) is 0 Å². The maximum atomic E-state index is 6.13. The average molecular weight is 457 g/mol. The molecule has 7 heteroatoms. The number of aryl methyl sites for hydroxylation is 2. The van der Waals surface area contributed by atoms with E-state index in [1.165, 1.54) is 32.1 Å². The average Bonchev–Trinajstić information content (AvgIpc) is 3.11. The summed E-state index contributed by atoms with van der Waals surface area (Å²) in [5, 5.41) is 9.52. The van der Waals surface area contributed by atoms with Gasteiger partial charge in [-0.05, 0) is 50.3 Å². The van der Waals surface area contributed by atoms with E-state index in [9.17, 15) is 0 Å². The molecule has 1 saturated carbocycles. The lowest BCUT2D eigenvalue weighted by molar-refractivity contribution is 0.262. The van der Waals surface area contributed by atoms with E-state index in [1.807, 2.05) is 63.4 Å². The third-order valence-corrected chi connectivity index (χ3v) is 6.83. The molecule has 0 unspecified atom stereocenters. The van der Waals surface area contributed by atoms with Crippen molar-refractivity contribution in [3.05, 3.63) is 47.0 Å². The number of para-hydroxylation sites is 1. The minimum Gasteiger partial charge on any atom is -0.362 e. The summed E-state index contributed by atoms with van der Waals surface area (Å²) in [5.74, 6) is 3.62. The van der Waals surface area contributed by atoms with Gasteiger partial charge in [0.25, 0.3) is 0 Å². The van der Waals surface area contributed by atoms with Crippen LogP contribution >= 0.6 is 11.6 Å². The predicted octanol–water partition coefficient (Wildman–Crippen LogP) is 5.38. The number of hydrogen-bond acceptors (Lipinski definition) is 5. The molecule has 1 N–H and O–H groups in total. The van der Waals surface area contributed by atoms with Crippen LogP contribution in [0.2, 0.25) is 5.15 Å². The van der Waals surface area contributed by atoms with Crippen LogP contribution in [0.3, 0.4) is 0 Å². The Morgan fingerprint density at radius 1 is 1.09 bits per heavy atom. The fraction of sp³-hybridized carbons (Fsp3) is 0.560. The Balaban J connectivity index is 0.000000186. The normalized spacial score (nSPS) is 18.3. The summed E-state index contributed by atoms with van der Waals surface area (Å²) in [5.41, 5.74) is 2.10. The van der Waals surface area contributed by atoms with Gasteiger partial charge in [-0.15, -0.1) is 0 Å². The number of rotatable bonds is 6. The maximum Gasteiger partial charge on any atom is 0.139 e. The number of nitrogens with zero attached hydrogens (tertiary/aromatic N) is 5. The molecule has 2 aromatic heterocycles. The van der Waals surface area contributed by atoms with E-state index in [2.05, 4.69) is 27.3 Å². The molecule has 4 rings (SSSR count). The Labute approximate surface area is 197 Å². The second-order valence-corrected chi connectivity index (χ2v) is 9.37. The molecule has 6 nitrogen and oxygen atoms in total. The van der Waals surface area contributed by atoms with Crippen LogP contribution in [0.4, 0.5) is 5.82 Å². The summed E-state index contributed by atoms with van der Waals surface area (Å²) in [6.45, 7) is 6.18. The van der Waals surface area contributed by atoms with Crippen LogP contribution in [-0.4, -0.2) is 40.4 Å². The molecule has 0 spiro atoms. The molecule has 1 aliphatic carbocycles. The lowest BCUT2D eigenvalue weighted by Crippen LogP contribution is -2.26. The molecule has 0 aliphatic heterocycles. The largest absolute Gasteiger partial charge is 0.362 e. The van der Waals surface area contributed by atoms with Crippen LogP contribution in [0.15, 0.2) is 30.5 Å². The van der Waals surface area contributed by atoms with Crippen molar-refractivity contribution in [2.24, 2.45) is 18.9 Å². The minimum atomic E-state index is 0.747. The van der Waals surface area contributed by atoms with E-state index in [0.29, 0.717) is 0 Å². The smallest absolute Gasteiger partial charge is 0.139 e. The van der Waals surface area contributed by atoms with Gasteiger partial charge in [-0.25, -0.2) is 9.97 Å². The number of hydrogen-bond donors (Lipinski definition) is 1. The second kappa shape index (κ2) is 11.6.